The lowest BCUT2D eigenvalue weighted by molar-refractivity contribution is -0.121. The van der Waals surface area contributed by atoms with Crippen molar-refractivity contribution in [2.75, 3.05) is 44.8 Å². The molecule has 1 N–H and O–H groups in total. The number of amides is 1. The number of piperazine rings is 1. The Morgan fingerprint density at radius 1 is 1.44 bits per heavy atom. The van der Waals surface area contributed by atoms with Crippen LogP contribution in [0.15, 0.2) is 18.2 Å². The van der Waals surface area contributed by atoms with Crippen molar-refractivity contribution in [1.82, 2.24) is 10.2 Å². The summed E-state index contributed by atoms with van der Waals surface area (Å²) >= 11 is 6.19. The number of fused-ring (bicyclic) bond motifs is 1. The number of anilines is 1. The zero-order valence-electron chi connectivity index (χ0n) is 15.5. The Hall–Kier alpha value is -1.14. The molecule has 2 aliphatic rings. The SMILES string of the molecule is COC[C@H]1CN[C@H](C)CN1CC(=O)N1CC(C)(C)c2ccc(Cl)cc21. The van der Waals surface area contributed by atoms with Crippen molar-refractivity contribution in [3.05, 3.63) is 28.8 Å². The molecule has 0 spiro atoms. The molecule has 3 rings (SSSR count). The van der Waals surface area contributed by atoms with Gasteiger partial charge in [-0.05, 0) is 24.6 Å². The van der Waals surface area contributed by atoms with Crippen LogP contribution in [0, 0.1) is 0 Å². The second-order valence-corrected chi connectivity index (χ2v) is 8.31. The monoisotopic (exact) mass is 365 g/mol. The Morgan fingerprint density at radius 2 is 2.20 bits per heavy atom. The molecule has 2 heterocycles. The number of halogens is 1. The first-order valence-electron chi connectivity index (χ1n) is 8.88. The van der Waals surface area contributed by atoms with Crippen molar-refractivity contribution in [2.45, 2.75) is 38.3 Å². The Kier molecular flexibility index (Phi) is 5.40. The third kappa shape index (κ3) is 3.85. The van der Waals surface area contributed by atoms with E-state index in [1.54, 1.807) is 7.11 Å². The number of nitrogens with one attached hydrogen (secondary N) is 1. The number of hydrogen-bond acceptors (Lipinski definition) is 4. The largest absolute Gasteiger partial charge is 0.383 e. The quantitative estimate of drug-likeness (QED) is 0.889. The van der Waals surface area contributed by atoms with Gasteiger partial charge in [0.15, 0.2) is 0 Å². The highest BCUT2D eigenvalue weighted by Crippen LogP contribution is 2.41. The van der Waals surface area contributed by atoms with Crippen LogP contribution < -0.4 is 10.2 Å². The average Bonchev–Trinajstić information content (AvgIpc) is 2.81. The molecule has 0 bridgehead atoms. The van der Waals surface area contributed by atoms with Crippen LogP contribution in [0.25, 0.3) is 0 Å². The molecule has 1 aromatic rings. The summed E-state index contributed by atoms with van der Waals surface area (Å²) in [6, 6.07) is 6.46. The van der Waals surface area contributed by atoms with Gasteiger partial charge < -0.3 is 15.0 Å². The van der Waals surface area contributed by atoms with Crippen LogP contribution in [0.3, 0.4) is 0 Å². The zero-order chi connectivity index (χ0) is 18.2. The molecule has 138 valence electrons. The van der Waals surface area contributed by atoms with Crippen molar-refractivity contribution in [3.63, 3.8) is 0 Å². The molecule has 1 aromatic carbocycles. The van der Waals surface area contributed by atoms with Gasteiger partial charge in [0.2, 0.25) is 5.91 Å². The highest BCUT2D eigenvalue weighted by Gasteiger charge is 2.39. The van der Waals surface area contributed by atoms with Crippen molar-refractivity contribution in [3.8, 4) is 0 Å². The Bertz CT molecular complexity index is 650. The first-order valence-corrected chi connectivity index (χ1v) is 9.26. The van der Waals surface area contributed by atoms with Crippen molar-refractivity contribution < 1.29 is 9.53 Å². The second-order valence-electron chi connectivity index (χ2n) is 7.87. The van der Waals surface area contributed by atoms with E-state index >= 15 is 0 Å². The average molecular weight is 366 g/mol. The fourth-order valence-corrected chi connectivity index (χ4v) is 4.10. The lowest BCUT2D eigenvalue weighted by Gasteiger charge is -2.39. The predicted octanol–water partition coefficient (Wildman–Crippen LogP) is 2.27. The van der Waals surface area contributed by atoms with Crippen LogP contribution in [0.2, 0.25) is 5.02 Å². The van der Waals surface area contributed by atoms with Crippen LogP contribution in [0.4, 0.5) is 5.69 Å². The number of carbonyl (C=O) groups excluding carboxylic acids is 1. The summed E-state index contributed by atoms with van der Waals surface area (Å²) in [4.78, 5) is 17.3. The molecule has 0 radical (unpaired) electrons. The fraction of sp³-hybridized carbons (Fsp3) is 0.632. The smallest absolute Gasteiger partial charge is 0.241 e. The van der Waals surface area contributed by atoms with Crippen LogP contribution in [-0.4, -0.2) is 62.8 Å². The summed E-state index contributed by atoms with van der Waals surface area (Å²) < 4.78 is 5.33. The van der Waals surface area contributed by atoms with E-state index in [1.807, 2.05) is 23.1 Å². The van der Waals surface area contributed by atoms with Crippen LogP contribution in [0.5, 0.6) is 0 Å². The molecule has 1 amide bonds. The number of ether oxygens (including phenoxy) is 1. The maximum absolute atomic E-state index is 13.1. The molecule has 0 aliphatic carbocycles. The van der Waals surface area contributed by atoms with Gasteiger partial charge in [0.05, 0.1) is 13.2 Å². The van der Waals surface area contributed by atoms with Crippen molar-refractivity contribution in [2.24, 2.45) is 0 Å². The van der Waals surface area contributed by atoms with Gasteiger partial charge in [-0.1, -0.05) is 31.5 Å². The summed E-state index contributed by atoms with van der Waals surface area (Å²) in [6.45, 7) is 9.91. The van der Waals surface area contributed by atoms with Gasteiger partial charge in [0.25, 0.3) is 0 Å². The van der Waals surface area contributed by atoms with Crippen LogP contribution in [-0.2, 0) is 14.9 Å². The standard InChI is InChI=1S/C19H28ClN3O2/c1-13-9-22(15(8-21-13)11-25-4)10-18(24)23-12-19(2,3)16-6-5-14(20)7-17(16)23/h5-7,13,15,21H,8-12H2,1-4H3/t13-,15-/m1/s1. The Labute approximate surface area is 155 Å². The number of rotatable bonds is 4. The van der Waals surface area contributed by atoms with E-state index in [9.17, 15) is 4.79 Å². The Morgan fingerprint density at radius 3 is 2.92 bits per heavy atom. The van der Waals surface area contributed by atoms with E-state index in [0.717, 1.165) is 18.8 Å². The zero-order valence-corrected chi connectivity index (χ0v) is 16.3. The molecule has 2 atom stereocenters. The van der Waals surface area contributed by atoms with Gasteiger partial charge in [0.1, 0.15) is 0 Å². The lowest BCUT2D eigenvalue weighted by atomic mass is 9.87. The third-order valence-electron chi connectivity index (χ3n) is 5.26. The van der Waals surface area contributed by atoms with E-state index in [4.69, 9.17) is 16.3 Å². The van der Waals surface area contributed by atoms with Gasteiger partial charge in [-0.3, -0.25) is 9.69 Å². The Balaban J connectivity index is 1.78. The molecule has 1 fully saturated rings. The summed E-state index contributed by atoms with van der Waals surface area (Å²) in [5.74, 6) is 0.129. The number of hydrogen-bond donors (Lipinski definition) is 1. The van der Waals surface area contributed by atoms with Crippen molar-refractivity contribution in [1.29, 1.82) is 0 Å². The molecular weight excluding hydrogens is 338 g/mol. The third-order valence-corrected chi connectivity index (χ3v) is 5.49. The van der Waals surface area contributed by atoms with Gasteiger partial charge >= 0.3 is 0 Å². The van der Waals surface area contributed by atoms with E-state index in [1.165, 1.54) is 5.56 Å². The normalized spacial score (nSPS) is 25.9. The molecule has 1 saturated heterocycles. The van der Waals surface area contributed by atoms with Gasteiger partial charge in [-0.2, -0.15) is 0 Å². The molecule has 5 nitrogen and oxygen atoms in total. The summed E-state index contributed by atoms with van der Waals surface area (Å²) in [7, 11) is 1.71. The molecule has 25 heavy (non-hydrogen) atoms. The lowest BCUT2D eigenvalue weighted by Crippen LogP contribution is -2.59. The predicted molar refractivity (Wildman–Crippen MR) is 102 cm³/mol. The first kappa shape index (κ1) is 18.6. The minimum Gasteiger partial charge on any atom is -0.383 e. The summed E-state index contributed by atoms with van der Waals surface area (Å²) in [5, 5.41) is 4.13. The highest BCUT2D eigenvalue weighted by molar-refractivity contribution is 6.31. The molecule has 0 aromatic heterocycles. The maximum atomic E-state index is 13.1. The molecular formula is C19H28ClN3O2. The van der Waals surface area contributed by atoms with E-state index < -0.39 is 0 Å². The minimum absolute atomic E-state index is 0.0573. The van der Waals surface area contributed by atoms with E-state index in [-0.39, 0.29) is 17.4 Å². The van der Waals surface area contributed by atoms with Crippen LogP contribution in [0.1, 0.15) is 26.3 Å². The first-order chi connectivity index (χ1) is 11.8. The number of benzene rings is 1. The maximum Gasteiger partial charge on any atom is 0.241 e. The molecule has 0 unspecified atom stereocenters. The summed E-state index contributed by atoms with van der Waals surface area (Å²) in [5.41, 5.74) is 2.08. The number of carbonyl (C=O) groups is 1. The summed E-state index contributed by atoms with van der Waals surface area (Å²) in [6.07, 6.45) is 0. The minimum atomic E-state index is -0.0573. The van der Waals surface area contributed by atoms with Gasteiger partial charge in [0, 0.05) is 55.0 Å². The molecule has 2 aliphatic heterocycles. The number of nitrogens with zero attached hydrogens (tertiary/aromatic N) is 2. The van der Waals surface area contributed by atoms with Crippen molar-refractivity contribution >= 4 is 23.2 Å². The van der Waals surface area contributed by atoms with Gasteiger partial charge in [-0.15, -0.1) is 0 Å². The molecule has 0 saturated carbocycles. The highest BCUT2D eigenvalue weighted by atomic mass is 35.5. The van der Waals surface area contributed by atoms with E-state index in [2.05, 4.69) is 31.0 Å². The van der Waals surface area contributed by atoms with E-state index in [0.29, 0.717) is 30.8 Å². The molecule has 6 heteroatoms. The number of methoxy groups -OCH3 is 1. The fourth-order valence-electron chi connectivity index (χ4n) is 3.93. The second kappa shape index (κ2) is 7.23. The van der Waals surface area contributed by atoms with Gasteiger partial charge in [-0.25, -0.2) is 0 Å². The topological polar surface area (TPSA) is 44.8 Å². The van der Waals surface area contributed by atoms with Crippen LogP contribution >= 0.6 is 11.6 Å².